The van der Waals surface area contributed by atoms with E-state index in [0.29, 0.717) is 44.1 Å². The van der Waals surface area contributed by atoms with Gasteiger partial charge < -0.3 is 40.1 Å². The summed E-state index contributed by atoms with van der Waals surface area (Å²) in [7, 11) is 0. The van der Waals surface area contributed by atoms with E-state index in [1.807, 2.05) is 0 Å². The van der Waals surface area contributed by atoms with Gasteiger partial charge in [0.2, 0.25) is 5.79 Å². The SMILES string of the molecule is CCCCCCCCCC[C@H](O)[C@H](O)CC[C@H](O)[C@@H]1CC[C@@H]([C@@H](O)CCCCCCCCCCC(O)CC2=CC(C)(O)OC2=O)O1. The third-order valence-electron chi connectivity index (χ3n) is 9.75. The van der Waals surface area contributed by atoms with E-state index in [1.165, 1.54) is 51.5 Å². The van der Waals surface area contributed by atoms with Crippen LogP contribution < -0.4 is 0 Å². The molecule has 0 spiro atoms. The molecule has 2 aliphatic rings. The van der Waals surface area contributed by atoms with Crippen molar-refractivity contribution in [3.63, 3.8) is 0 Å². The lowest BCUT2D eigenvalue weighted by Gasteiger charge is -2.24. The fourth-order valence-electron chi connectivity index (χ4n) is 6.80. The average molecular weight is 657 g/mol. The Morgan fingerprint density at radius 1 is 0.674 bits per heavy atom. The minimum atomic E-state index is -1.56. The highest BCUT2D eigenvalue weighted by Gasteiger charge is 2.35. The van der Waals surface area contributed by atoms with E-state index in [9.17, 15) is 35.4 Å². The number of cyclic esters (lactones) is 1. The Hall–Kier alpha value is -1.07. The molecule has 46 heavy (non-hydrogen) atoms. The largest absolute Gasteiger partial charge is 0.426 e. The minimum absolute atomic E-state index is 0.211. The van der Waals surface area contributed by atoms with E-state index in [4.69, 9.17) is 9.47 Å². The van der Waals surface area contributed by atoms with Crippen molar-refractivity contribution in [2.45, 2.75) is 216 Å². The molecule has 0 radical (unpaired) electrons. The highest BCUT2D eigenvalue weighted by molar-refractivity contribution is 5.91. The van der Waals surface area contributed by atoms with Gasteiger partial charge in [-0.1, -0.05) is 110 Å². The van der Waals surface area contributed by atoms with Crippen molar-refractivity contribution in [3.05, 3.63) is 11.6 Å². The van der Waals surface area contributed by atoms with Gasteiger partial charge in [0.15, 0.2) is 0 Å². The molecule has 0 bridgehead atoms. The van der Waals surface area contributed by atoms with Crippen LogP contribution in [0.4, 0.5) is 0 Å². The van der Waals surface area contributed by atoms with Gasteiger partial charge in [-0.2, -0.15) is 0 Å². The quantitative estimate of drug-likeness (QED) is 0.0431. The van der Waals surface area contributed by atoms with Gasteiger partial charge in [-0.15, -0.1) is 0 Å². The van der Waals surface area contributed by atoms with Gasteiger partial charge in [0.25, 0.3) is 0 Å². The average Bonchev–Trinajstić information content (AvgIpc) is 3.61. The Morgan fingerprint density at radius 2 is 1.13 bits per heavy atom. The smallest absolute Gasteiger partial charge is 0.336 e. The second kappa shape index (κ2) is 23.3. The highest BCUT2D eigenvalue weighted by Crippen LogP contribution is 2.29. The number of hydrogen-bond donors (Lipinski definition) is 6. The Morgan fingerprint density at radius 3 is 1.65 bits per heavy atom. The van der Waals surface area contributed by atoms with Crippen molar-refractivity contribution in [1.29, 1.82) is 0 Å². The number of esters is 1. The Balaban J connectivity index is 1.43. The lowest BCUT2D eigenvalue weighted by molar-refractivity contribution is -0.173. The van der Waals surface area contributed by atoms with E-state index in [2.05, 4.69) is 6.92 Å². The summed E-state index contributed by atoms with van der Waals surface area (Å²) in [6.45, 7) is 3.62. The van der Waals surface area contributed by atoms with Gasteiger partial charge >= 0.3 is 5.97 Å². The standard InChI is InChI=1S/C37H68O9/c1-3-4-5-6-7-11-14-17-20-30(39)31(40)22-23-33(42)35-25-24-34(45-35)32(41)21-18-15-12-9-8-10-13-16-19-29(38)26-28-27-37(2,44)46-36(28)43/h27,29-35,38-42,44H,3-26H2,1-2H3/t29?,30-,31+,32-,33-,34-,35-,37?/m0/s1. The summed E-state index contributed by atoms with van der Waals surface area (Å²) in [6, 6.07) is 0. The first-order valence-corrected chi connectivity index (χ1v) is 18.8. The van der Waals surface area contributed by atoms with Crippen LogP contribution in [0.25, 0.3) is 0 Å². The molecule has 1 fully saturated rings. The predicted molar refractivity (Wildman–Crippen MR) is 180 cm³/mol. The number of hydrogen-bond acceptors (Lipinski definition) is 9. The summed E-state index contributed by atoms with van der Waals surface area (Å²) in [5.41, 5.74) is 0.340. The molecule has 9 nitrogen and oxygen atoms in total. The highest BCUT2D eigenvalue weighted by atomic mass is 16.7. The molecule has 0 saturated carbocycles. The first-order valence-electron chi connectivity index (χ1n) is 18.8. The lowest BCUT2D eigenvalue weighted by atomic mass is 9.97. The molecule has 0 aromatic rings. The van der Waals surface area contributed by atoms with Gasteiger partial charge in [-0.3, -0.25) is 0 Å². The van der Waals surface area contributed by atoms with Crippen LogP contribution in [-0.4, -0.2) is 85.1 Å². The normalized spacial score (nSPS) is 24.9. The minimum Gasteiger partial charge on any atom is -0.426 e. The fraction of sp³-hybridized carbons (Fsp3) is 0.919. The van der Waals surface area contributed by atoms with E-state index in [-0.39, 0.29) is 18.6 Å². The third kappa shape index (κ3) is 17.4. The first-order chi connectivity index (χ1) is 22.0. The van der Waals surface area contributed by atoms with Crippen LogP contribution >= 0.6 is 0 Å². The summed E-state index contributed by atoms with van der Waals surface area (Å²) in [5, 5.41) is 61.9. The number of carbonyl (C=O) groups excluding carboxylic acids is 1. The maximum Gasteiger partial charge on any atom is 0.336 e. The third-order valence-corrected chi connectivity index (χ3v) is 9.75. The molecule has 2 heterocycles. The van der Waals surface area contributed by atoms with Crippen LogP contribution in [-0.2, 0) is 14.3 Å². The van der Waals surface area contributed by atoms with Crippen molar-refractivity contribution in [3.8, 4) is 0 Å². The van der Waals surface area contributed by atoms with E-state index in [0.717, 1.165) is 70.6 Å². The number of unbranched alkanes of at least 4 members (excludes halogenated alkanes) is 14. The van der Waals surface area contributed by atoms with Gasteiger partial charge in [0, 0.05) is 18.9 Å². The second-order valence-electron chi connectivity index (χ2n) is 14.3. The molecule has 2 aliphatic heterocycles. The van der Waals surface area contributed by atoms with Crippen molar-refractivity contribution >= 4 is 5.97 Å². The van der Waals surface area contributed by atoms with Crippen LogP contribution in [0.15, 0.2) is 11.6 Å². The molecule has 0 aromatic heterocycles. The second-order valence-corrected chi connectivity index (χ2v) is 14.3. The molecule has 2 unspecified atom stereocenters. The number of ether oxygens (including phenoxy) is 2. The van der Waals surface area contributed by atoms with E-state index >= 15 is 0 Å². The monoisotopic (exact) mass is 656 g/mol. The van der Waals surface area contributed by atoms with Gasteiger partial charge in [-0.25, -0.2) is 4.79 Å². The summed E-state index contributed by atoms with van der Waals surface area (Å²) in [5.74, 6) is -2.12. The van der Waals surface area contributed by atoms with Gasteiger partial charge in [0.05, 0.1) is 42.7 Å². The zero-order chi connectivity index (χ0) is 33.8. The maximum absolute atomic E-state index is 11.7. The Bertz CT molecular complexity index is 832. The van der Waals surface area contributed by atoms with E-state index in [1.54, 1.807) is 0 Å². The zero-order valence-electron chi connectivity index (χ0n) is 29.0. The van der Waals surface area contributed by atoms with Crippen molar-refractivity contribution in [2.75, 3.05) is 0 Å². The predicted octanol–water partition coefficient (Wildman–Crippen LogP) is 6.13. The summed E-state index contributed by atoms with van der Waals surface area (Å²) in [6.07, 6.45) is 19.6. The topological polar surface area (TPSA) is 157 Å². The maximum atomic E-state index is 11.7. The molecule has 0 aliphatic carbocycles. The lowest BCUT2D eigenvalue weighted by Crippen LogP contribution is -2.33. The molecule has 270 valence electrons. The number of carbonyl (C=O) groups is 1. The fourth-order valence-corrected chi connectivity index (χ4v) is 6.80. The van der Waals surface area contributed by atoms with Crippen LogP contribution in [0.1, 0.15) is 168 Å². The summed E-state index contributed by atoms with van der Waals surface area (Å²) < 4.78 is 10.8. The summed E-state index contributed by atoms with van der Waals surface area (Å²) >= 11 is 0. The molecule has 6 N–H and O–H groups in total. The summed E-state index contributed by atoms with van der Waals surface area (Å²) in [4.78, 5) is 11.7. The number of aliphatic hydroxyl groups is 6. The zero-order valence-corrected chi connectivity index (χ0v) is 29.0. The van der Waals surface area contributed by atoms with Crippen LogP contribution in [0, 0.1) is 0 Å². The molecule has 0 aromatic carbocycles. The number of rotatable bonds is 28. The Kier molecular flexibility index (Phi) is 20.8. The van der Waals surface area contributed by atoms with Crippen molar-refractivity contribution in [1.82, 2.24) is 0 Å². The Labute approximate surface area is 278 Å². The van der Waals surface area contributed by atoms with Crippen LogP contribution in [0.3, 0.4) is 0 Å². The first kappa shape index (κ1) is 41.1. The molecule has 0 amide bonds. The number of aliphatic hydroxyl groups excluding tert-OH is 5. The van der Waals surface area contributed by atoms with Crippen LogP contribution in [0.5, 0.6) is 0 Å². The molecular formula is C37H68O9. The molecule has 8 atom stereocenters. The molecule has 2 rings (SSSR count). The van der Waals surface area contributed by atoms with E-state index < -0.39 is 42.3 Å². The van der Waals surface area contributed by atoms with Crippen LogP contribution in [0.2, 0.25) is 0 Å². The van der Waals surface area contributed by atoms with Gasteiger partial charge in [0.1, 0.15) is 0 Å². The molecular weight excluding hydrogens is 588 g/mol. The molecule has 1 saturated heterocycles. The van der Waals surface area contributed by atoms with Gasteiger partial charge in [-0.05, 0) is 51.0 Å². The van der Waals surface area contributed by atoms with Crippen molar-refractivity contribution in [2.24, 2.45) is 0 Å². The van der Waals surface area contributed by atoms with Crippen molar-refractivity contribution < 1.29 is 44.9 Å². The molecule has 9 heteroatoms.